The highest BCUT2D eigenvalue weighted by Gasteiger charge is 2.36. The number of fused-ring (bicyclic) bond motifs is 1. The molecule has 3 N–H and O–H groups in total. The number of nitrogens with two attached hydrogens (primary N) is 1. The van der Waals surface area contributed by atoms with Gasteiger partial charge < -0.3 is 11.1 Å². The molecule has 0 radical (unpaired) electrons. The van der Waals surface area contributed by atoms with Crippen LogP contribution in [-0.4, -0.2) is 32.5 Å². The number of anilines is 1. The summed E-state index contributed by atoms with van der Waals surface area (Å²) in [6.45, 7) is 5.79. The van der Waals surface area contributed by atoms with Crippen molar-refractivity contribution >= 4 is 21.6 Å². The second-order valence-corrected chi connectivity index (χ2v) is 9.37. The van der Waals surface area contributed by atoms with Crippen LogP contribution in [0, 0.1) is 0 Å². The molecule has 2 aromatic rings. The molecule has 0 saturated carbocycles. The summed E-state index contributed by atoms with van der Waals surface area (Å²) in [6.07, 6.45) is 0.667. The fraction of sp³-hybridized carbons (Fsp3) is 0.350. The molecule has 2 aromatic carbocycles. The minimum atomic E-state index is -3.78. The molecule has 144 valence electrons. The molecule has 1 heterocycles. The smallest absolute Gasteiger partial charge is 0.264 e. The topological polar surface area (TPSA) is 92.5 Å². The molecule has 1 aliphatic heterocycles. The summed E-state index contributed by atoms with van der Waals surface area (Å²) in [6, 6.07) is 13.5. The summed E-state index contributed by atoms with van der Waals surface area (Å²) in [7, 11) is -3.78. The zero-order chi connectivity index (χ0) is 19.8. The fourth-order valence-corrected chi connectivity index (χ4v) is 4.98. The van der Waals surface area contributed by atoms with Crippen LogP contribution >= 0.6 is 0 Å². The molecule has 0 bridgehead atoms. The van der Waals surface area contributed by atoms with Gasteiger partial charge in [0.05, 0.1) is 10.6 Å². The Balaban J connectivity index is 1.96. The lowest BCUT2D eigenvalue weighted by Gasteiger charge is -2.25. The molecular formula is C20H25N3O3S. The minimum Gasteiger partial charge on any atom is -0.346 e. The first-order valence-corrected chi connectivity index (χ1v) is 10.3. The third-order valence-electron chi connectivity index (χ3n) is 4.76. The fourth-order valence-electron chi connectivity index (χ4n) is 3.25. The number of rotatable bonds is 5. The number of nitrogens with zero attached hydrogens (tertiary/aromatic N) is 1. The molecule has 6 nitrogen and oxygen atoms in total. The van der Waals surface area contributed by atoms with Crippen LogP contribution in [0.25, 0.3) is 0 Å². The van der Waals surface area contributed by atoms with Crippen molar-refractivity contribution in [2.24, 2.45) is 5.73 Å². The lowest BCUT2D eigenvalue weighted by molar-refractivity contribution is 0.0915. The van der Waals surface area contributed by atoms with Crippen LogP contribution < -0.4 is 15.4 Å². The number of hydrogen-bond acceptors (Lipinski definition) is 4. The van der Waals surface area contributed by atoms with E-state index < -0.39 is 15.6 Å². The minimum absolute atomic E-state index is 0.101. The second-order valence-electron chi connectivity index (χ2n) is 7.55. The van der Waals surface area contributed by atoms with Gasteiger partial charge >= 0.3 is 0 Å². The summed E-state index contributed by atoms with van der Waals surface area (Å²) in [5.74, 6) is -0.350. The molecule has 0 aromatic heterocycles. The average Bonchev–Trinajstić information content (AvgIpc) is 2.98. The second kappa shape index (κ2) is 6.98. The molecule has 1 unspecified atom stereocenters. The van der Waals surface area contributed by atoms with Gasteiger partial charge in [0, 0.05) is 23.7 Å². The Labute approximate surface area is 160 Å². The van der Waals surface area contributed by atoms with Crippen LogP contribution in [0.1, 0.15) is 36.7 Å². The van der Waals surface area contributed by atoms with E-state index in [2.05, 4.69) is 5.32 Å². The lowest BCUT2D eigenvalue weighted by atomic mass is 10.1. The average molecular weight is 388 g/mol. The van der Waals surface area contributed by atoms with Gasteiger partial charge in [-0.1, -0.05) is 24.3 Å². The number of carbonyl (C=O) groups excluding carboxylic acids is 1. The van der Waals surface area contributed by atoms with Crippen molar-refractivity contribution in [2.75, 3.05) is 10.8 Å². The zero-order valence-electron chi connectivity index (χ0n) is 15.8. The zero-order valence-corrected chi connectivity index (χ0v) is 16.6. The van der Waals surface area contributed by atoms with E-state index >= 15 is 0 Å². The molecule has 0 aliphatic carbocycles. The molecule has 0 saturated heterocycles. The molecule has 0 fully saturated rings. The molecule has 0 spiro atoms. The predicted octanol–water partition coefficient (Wildman–Crippen LogP) is 2.29. The van der Waals surface area contributed by atoms with E-state index in [1.807, 2.05) is 45.0 Å². The number of sulfonamides is 1. The van der Waals surface area contributed by atoms with Gasteiger partial charge in [0.2, 0.25) is 0 Å². The normalized spacial score (nSPS) is 16.9. The summed E-state index contributed by atoms with van der Waals surface area (Å²) < 4.78 is 28.0. The Kier molecular flexibility index (Phi) is 5.01. The van der Waals surface area contributed by atoms with Crippen molar-refractivity contribution in [1.29, 1.82) is 0 Å². The Morgan fingerprint density at radius 3 is 2.63 bits per heavy atom. The Morgan fingerprint density at radius 2 is 1.93 bits per heavy atom. The Hall–Kier alpha value is -2.38. The largest absolute Gasteiger partial charge is 0.346 e. The van der Waals surface area contributed by atoms with Gasteiger partial charge in [-0.05, 0) is 57.0 Å². The molecule has 3 rings (SSSR count). The van der Waals surface area contributed by atoms with E-state index in [4.69, 9.17) is 5.73 Å². The van der Waals surface area contributed by atoms with Gasteiger partial charge in [-0.25, -0.2) is 8.42 Å². The van der Waals surface area contributed by atoms with E-state index in [-0.39, 0.29) is 29.0 Å². The van der Waals surface area contributed by atoms with Crippen molar-refractivity contribution in [3.05, 3.63) is 59.7 Å². The van der Waals surface area contributed by atoms with Crippen LogP contribution in [0.3, 0.4) is 0 Å². The van der Waals surface area contributed by atoms with Crippen LogP contribution in [0.15, 0.2) is 53.4 Å². The maximum atomic E-state index is 13.3. The standard InChI is InChI=1S/C20H25N3O3S/c1-14-11-15-7-4-5-10-18(15)23(14)27(25,26)17-9-6-8-16(12-17)19(24)22-20(2,3)13-21/h4-10,12,14H,11,13,21H2,1-3H3,(H,22,24). The van der Waals surface area contributed by atoms with Crippen molar-refractivity contribution in [1.82, 2.24) is 5.32 Å². The number of amides is 1. The number of carbonyl (C=O) groups is 1. The van der Waals surface area contributed by atoms with Gasteiger partial charge in [-0.3, -0.25) is 9.10 Å². The van der Waals surface area contributed by atoms with Crippen molar-refractivity contribution in [2.45, 2.75) is 43.7 Å². The van der Waals surface area contributed by atoms with Crippen molar-refractivity contribution < 1.29 is 13.2 Å². The Bertz CT molecular complexity index is 970. The number of hydrogen-bond donors (Lipinski definition) is 2. The van der Waals surface area contributed by atoms with E-state index in [1.165, 1.54) is 16.4 Å². The molecule has 7 heteroatoms. The predicted molar refractivity (Wildman–Crippen MR) is 106 cm³/mol. The first-order chi connectivity index (χ1) is 12.7. The molecule has 1 amide bonds. The van der Waals surface area contributed by atoms with E-state index in [9.17, 15) is 13.2 Å². The van der Waals surface area contributed by atoms with E-state index in [0.717, 1.165) is 5.56 Å². The van der Waals surface area contributed by atoms with Crippen LogP contribution in [0.5, 0.6) is 0 Å². The monoisotopic (exact) mass is 387 g/mol. The van der Waals surface area contributed by atoms with E-state index in [1.54, 1.807) is 12.1 Å². The molecule has 1 aliphatic rings. The van der Waals surface area contributed by atoms with Gasteiger partial charge in [0.15, 0.2) is 0 Å². The summed E-state index contributed by atoms with van der Waals surface area (Å²) in [5, 5.41) is 2.82. The highest BCUT2D eigenvalue weighted by atomic mass is 32.2. The quantitative estimate of drug-likeness (QED) is 0.823. The third-order valence-corrected chi connectivity index (χ3v) is 6.68. The van der Waals surface area contributed by atoms with Crippen LogP contribution in [-0.2, 0) is 16.4 Å². The summed E-state index contributed by atoms with van der Waals surface area (Å²) in [5.41, 5.74) is 7.08. The Morgan fingerprint density at radius 1 is 1.22 bits per heavy atom. The van der Waals surface area contributed by atoms with E-state index in [0.29, 0.717) is 12.1 Å². The maximum Gasteiger partial charge on any atom is 0.264 e. The number of nitrogens with one attached hydrogen (secondary N) is 1. The van der Waals surface area contributed by atoms with Gasteiger partial charge in [0.25, 0.3) is 15.9 Å². The van der Waals surface area contributed by atoms with Gasteiger partial charge in [-0.15, -0.1) is 0 Å². The van der Waals surface area contributed by atoms with Gasteiger partial charge in [-0.2, -0.15) is 0 Å². The first kappa shape index (κ1) is 19.4. The van der Waals surface area contributed by atoms with Crippen molar-refractivity contribution in [3.8, 4) is 0 Å². The van der Waals surface area contributed by atoms with Gasteiger partial charge in [0.1, 0.15) is 0 Å². The SMILES string of the molecule is CC1Cc2ccccc2N1S(=O)(=O)c1cccc(C(=O)NC(C)(C)CN)c1. The first-order valence-electron chi connectivity index (χ1n) is 8.91. The lowest BCUT2D eigenvalue weighted by Crippen LogP contribution is -2.48. The number of benzene rings is 2. The molecule has 1 atom stereocenters. The van der Waals surface area contributed by atoms with Crippen molar-refractivity contribution in [3.63, 3.8) is 0 Å². The third kappa shape index (κ3) is 3.70. The summed E-state index contributed by atoms with van der Waals surface area (Å²) in [4.78, 5) is 12.6. The maximum absolute atomic E-state index is 13.3. The molecule has 27 heavy (non-hydrogen) atoms. The summed E-state index contributed by atoms with van der Waals surface area (Å²) >= 11 is 0. The van der Waals surface area contributed by atoms with Crippen LogP contribution in [0.4, 0.5) is 5.69 Å². The highest BCUT2D eigenvalue weighted by Crippen LogP contribution is 2.36. The molecular weight excluding hydrogens is 362 g/mol. The van der Waals surface area contributed by atoms with Crippen LogP contribution in [0.2, 0.25) is 0 Å². The highest BCUT2D eigenvalue weighted by molar-refractivity contribution is 7.92. The number of para-hydroxylation sites is 1.